The molecule has 170 valence electrons. The molecular formula is C27H22ClN3O3. The Morgan fingerprint density at radius 3 is 2.82 bits per heavy atom. The SMILES string of the molecule is Cc1ccc2[nH]cc(CCNC(=O)c3ccc4c(c3)NC(=O)C(=Cc3ccccc3Cl)O4)c2c1. The van der Waals surface area contributed by atoms with Crippen molar-refractivity contribution in [1.29, 1.82) is 0 Å². The predicted molar refractivity (Wildman–Crippen MR) is 134 cm³/mol. The summed E-state index contributed by atoms with van der Waals surface area (Å²) in [6.45, 7) is 2.55. The molecule has 0 spiro atoms. The van der Waals surface area contributed by atoms with E-state index in [0.29, 0.717) is 40.6 Å². The van der Waals surface area contributed by atoms with Crippen LogP contribution in [-0.4, -0.2) is 23.3 Å². The molecule has 0 fully saturated rings. The van der Waals surface area contributed by atoms with Crippen LogP contribution in [0.1, 0.15) is 27.0 Å². The van der Waals surface area contributed by atoms with E-state index < -0.39 is 5.91 Å². The molecule has 1 aliphatic heterocycles. The minimum atomic E-state index is -0.403. The van der Waals surface area contributed by atoms with Crippen LogP contribution in [0.3, 0.4) is 0 Å². The number of fused-ring (bicyclic) bond motifs is 2. The third-order valence-corrected chi connectivity index (χ3v) is 6.07. The minimum absolute atomic E-state index is 0.131. The van der Waals surface area contributed by atoms with Gasteiger partial charge in [0.15, 0.2) is 11.5 Å². The first-order valence-electron chi connectivity index (χ1n) is 10.9. The molecule has 1 aromatic heterocycles. The van der Waals surface area contributed by atoms with Crippen molar-refractivity contribution in [3.63, 3.8) is 0 Å². The number of aromatic nitrogens is 1. The lowest BCUT2D eigenvalue weighted by Gasteiger charge is -2.20. The zero-order valence-electron chi connectivity index (χ0n) is 18.4. The lowest BCUT2D eigenvalue weighted by Crippen LogP contribution is -2.27. The number of hydrogen-bond acceptors (Lipinski definition) is 3. The van der Waals surface area contributed by atoms with Crippen LogP contribution in [0.4, 0.5) is 5.69 Å². The number of anilines is 1. The summed E-state index contributed by atoms with van der Waals surface area (Å²) >= 11 is 6.18. The van der Waals surface area contributed by atoms with E-state index in [1.165, 1.54) is 10.9 Å². The van der Waals surface area contributed by atoms with Crippen molar-refractivity contribution in [1.82, 2.24) is 10.3 Å². The molecule has 7 heteroatoms. The Morgan fingerprint density at radius 2 is 1.97 bits per heavy atom. The number of amides is 2. The van der Waals surface area contributed by atoms with Gasteiger partial charge in [0.25, 0.3) is 11.8 Å². The maximum absolute atomic E-state index is 12.7. The first-order chi connectivity index (χ1) is 16.5. The number of rotatable bonds is 5. The Bertz CT molecular complexity index is 1450. The molecule has 0 saturated heterocycles. The topological polar surface area (TPSA) is 83.2 Å². The summed E-state index contributed by atoms with van der Waals surface area (Å²) < 4.78 is 5.77. The van der Waals surface area contributed by atoms with E-state index in [4.69, 9.17) is 16.3 Å². The summed E-state index contributed by atoms with van der Waals surface area (Å²) in [7, 11) is 0. The van der Waals surface area contributed by atoms with Crippen molar-refractivity contribution in [3.8, 4) is 5.75 Å². The predicted octanol–water partition coefficient (Wildman–Crippen LogP) is 5.47. The van der Waals surface area contributed by atoms with Crippen LogP contribution in [0.25, 0.3) is 17.0 Å². The van der Waals surface area contributed by atoms with Crippen LogP contribution >= 0.6 is 11.6 Å². The third kappa shape index (κ3) is 4.40. The molecule has 2 amide bonds. The van der Waals surface area contributed by atoms with Crippen LogP contribution < -0.4 is 15.4 Å². The molecule has 0 radical (unpaired) electrons. The van der Waals surface area contributed by atoms with Crippen LogP contribution in [0.2, 0.25) is 5.02 Å². The smallest absolute Gasteiger partial charge is 0.291 e. The highest BCUT2D eigenvalue weighted by atomic mass is 35.5. The maximum atomic E-state index is 12.7. The zero-order valence-corrected chi connectivity index (χ0v) is 19.2. The molecule has 3 aromatic carbocycles. The molecule has 2 heterocycles. The van der Waals surface area contributed by atoms with Gasteiger partial charge < -0.3 is 20.4 Å². The third-order valence-electron chi connectivity index (χ3n) is 5.73. The van der Waals surface area contributed by atoms with E-state index in [9.17, 15) is 9.59 Å². The van der Waals surface area contributed by atoms with Crippen molar-refractivity contribution in [2.45, 2.75) is 13.3 Å². The highest BCUT2D eigenvalue weighted by molar-refractivity contribution is 6.32. The van der Waals surface area contributed by atoms with Crippen molar-refractivity contribution < 1.29 is 14.3 Å². The van der Waals surface area contributed by atoms with E-state index in [1.54, 1.807) is 36.4 Å². The molecule has 0 saturated carbocycles. The Morgan fingerprint density at radius 1 is 1.12 bits per heavy atom. The highest BCUT2D eigenvalue weighted by Crippen LogP contribution is 2.33. The number of aromatic amines is 1. The number of benzene rings is 3. The van der Waals surface area contributed by atoms with Crippen molar-refractivity contribution >= 4 is 46.1 Å². The summed E-state index contributed by atoms with van der Waals surface area (Å²) in [5.74, 6) is -0.0273. The average Bonchev–Trinajstić information content (AvgIpc) is 3.22. The van der Waals surface area contributed by atoms with Gasteiger partial charge in [-0.15, -0.1) is 0 Å². The summed E-state index contributed by atoms with van der Waals surface area (Å²) in [4.78, 5) is 28.5. The van der Waals surface area contributed by atoms with E-state index >= 15 is 0 Å². The van der Waals surface area contributed by atoms with Crippen molar-refractivity contribution in [2.24, 2.45) is 0 Å². The minimum Gasteiger partial charge on any atom is -0.449 e. The second kappa shape index (κ2) is 9.08. The lowest BCUT2D eigenvalue weighted by molar-refractivity contribution is -0.115. The van der Waals surface area contributed by atoms with E-state index in [-0.39, 0.29) is 11.7 Å². The molecule has 3 N–H and O–H groups in total. The number of carbonyl (C=O) groups excluding carboxylic acids is 2. The molecule has 0 atom stereocenters. The first kappa shape index (κ1) is 21.8. The molecule has 1 aliphatic rings. The van der Waals surface area contributed by atoms with Gasteiger partial charge in [0, 0.05) is 34.2 Å². The Hall–Kier alpha value is -4.03. The molecular weight excluding hydrogens is 450 g/mol. The fourth-order valence-electron chi connectivity index (χ4n) is 3.95. The molecule has 0 unspecified atom stereocenters. The van der Waals surface area contributed by atoms with Gasteiger partial charge in [-0.3, -0.25) is 9.59 Å². The Kier molecular flexibility index (Phi) is 5.82. The number of carbonyl (C=O) groups is 2. The van der Waals surface area contributed by atoms with Crippen LogP contribution in [0, 0.1) is 6.92 Å². The quantitative estimate of drug-likeness (QED) is 0.337. The van der Waals surface area contributed by atoms with Gasteiger partial charge in [-0.05, 0) is 66.9 Å². The van der Waals surface area contributed by atoms with Gasteiger partial charge >= 0.3 is 0 Å². The summed E-state index contributed by atoms with van der Waals surface area (Å²) in [5.41, 5.74) is 5.00. The van der Waals surface area contributed by atoms with Gasteiger partial charge in [-0.25, -0.2) is 0 Å². The van der Waals surface area contributed by atoms with E-state index in [1.807, 2.05) is 18.3 Å². The van der Waals surface area contributed by atoms with E-state index in [0.717, 1.165) is 11.1 Å². The number of aryl methyl sites for hydroxylation is 1. The molecule has 0 aliphatic carbocycles. The van der Waals surface area contributed by atoms with Crippen LogP contribution in [-0.2, 0) is 11.2 Å². The molecule has 6 nitrogen and oxygen atoms in total. The lowest BCUT2D eigenvalue weighted by atomic mass is 10.1. The molecule has 34 heavy (non-hydrogen) atoms. The van der Waals surface area contributed by atoms with Gasteiger partial charge in [0.1, 0.15) is 0 Å². The number of ether oxygens (including phenoxy) is 1. The van der Waals surface area contributed by atoms with Gasteiger partial charge in [0.05, 0.1) is 5.69 Å². The van der Waals surface area contributed by atoms with Crippen LogP contribution in [0.5, 0.6) is 5.75 Å². The fraction of sp³-hybridized carbons (Fsp3) is 0.111. The summed E-state index contributed by atoms with van der Waals surface area (Å²) in [6.07, 6.45) is 4.28. The average molecular weight is 472 g/mol. The number of nitrogens with one attached hydrogen (secondary N) is 3. The number of hydrogen-bond donors (Lipinski definition) is 3. The van der Waals surface area contributed by atoms with Crippen molar-refractivity contribution in [3.05, 3.63) is 99.9 Å². The summed E-state index contributed by atoms with van der Waals surface area (Å²) in [5, 5.41) is 7.43. The Balaban J connectivity index is 1.26. The zero-order chi connectivity index (χ0) is 23.7. The highest BCUT2D eigenvalue weighted by Gasteiger charge is 2.23. The normalized spacial score (nSPS) is 13.9. The largest absolute Gasteiger partial charge is 0.449 e. The second-order valence-corrected chi connectivity index (χ2v) is 8.57. The molecule has 4 aromatic rings. The fourth-order valence-corrected chi connectivity index (χ4v) is 4.14. The Labute approximate surface area is 201 Å². The summed E-state index contributed by atoms with van der Waals surface area (Å²) in [6, 6.07) is 18.4. The van der Waals surface area contributed by atoms with Crippen LogP contribution in [0.15, 0.2) is 72.6 Å². The van der Waals surface area contributed by atoms with Gasteiger partial charge in [-0.1, -0.05) is 41.4 Å². The van der Waals surface area contributed by atoms with Gasteiger partial charge in [0.2, 0.25) is 0 Å². The molecule has 0 bridgehead atoms. The second-order valence-electron chi connectivity index (χ2n) is 8.17. The number of halogens is 1. The molecule has 5 rings (SSSR count). The first-order valence-corrected chi connectivity index (χ1v) is 11.3. The van der Waals surface area contributed by atoms with E-state index in [2.05, 4.69) is 40.7 Å². The van der Waals surface area contributed by atoms with Crippen molar-refractivity contribution in [2.75, 3.05) is 11.9 Å². The standard InChI is InChI=1S/C27H22ClN3O3/c1-16-6-8-22-20(12-16)19(15-30-22)10-11-29-26(32)18-7-9-24-23(13-18)31-27(33)25(34-24)14-17-4-2-3-5-21(17)28/h2-9,12-15,30H,10-11H2,1H3,(H,29,32)(H,31,33). The van der Waals surface area contributed by atoms with Gasteiger partial charge in [-0.2, -0.15) is 0 Å². The number of H-pyrrole nitrogens is 1. The maximum Gasteiger partial charge on any atom is 0.291 e. The monoisotopic (exact) mass is 471 g/mol.